The number of para-hydroxylation sites is 2. The summed E-state index contributed by atoms with van der Waals surface area (Å²) in [6.45, 7) is 0. The van der Waals surface area contributed by atoms with Crippen molar-refractivity contribution in [3.63, 3.8) is 0 Å². The van der Waals surface area contributed by atoms with Crippen LogP contribution in [0.1, 0.15) is 11.5 Å². The molecular weight excluding hydrogens is 538 g/mol. The van der Waals surface area contributed by atoms with Gasteiger partial charge in [0.05, 0.1) is 22.8 Å². The Balaban J connectivity index is 1.36. The van der Waals surface area contributed by atoms with Gasteiger partial charge in [0.25, 0.3) is 0 Å². The Hall–Kier alpha value is -5.81. The molecule has 0 radical (unpaired) electrons. The van der Waals surface area contributed by atoms with Gasteiger partial charge in [0, 0.05) is 33.5 Å². The van der Waals surface area contributed by atoms with Crippen molar-refractivity contribution >= 4 is 33.4 Å². The molecule has 2 aromatic heterocycles. The average molecular weight is 566 g/mol. The minimum Gasteiger partial charge on any atom is -0.309 e. The third-order valence-electron chi connectivity index (χ3n) is 8.76. The summed E-state index contributed by atoms with van der Waals surface area (Å²) in [6.07, 6.45) is 8.89. The summed E-state index contributed by atoms with van der Waals surface area (Å²) >= 11 is 0. The van der Waals surface area contributed by atoms with Gasteiger partial charge in [0.15, 0.2) is 11.6 Å². The van der Waals surface area contributed by atoms with Crippen molar-refractivity contribution in [3.8, 4) is 28.5 Å². The lowest BCUT2D eigenvalue weighted by molar-refractivity contribution is 0.728. The van der Waals surface area contributed by atoms with Gasteiger partial charge in [-0.3, -0.25) is 0 Å². The predicted molar refractivity (Wildman–Crippen MR) is 178 cm³/mol. The van der Waals surface area contributed by atoms with Crippen LogP contribution in [-0.2, 0) is 0 Å². The van der Waals surface area contributed by atoms with Gasteiger partial charge in [0.2, 0.25) is 5.95 Å². The van der Waals surface area contributed by atoms with Crippen molar-refractivity contribution in [1.29, 1.82) is 0 Å². The Morgan fingerprint density at radius 1 is 0.523 bits per heavy atom. The van der Waals surface area contributed by atoms with Crippen molar-refractivity contribution in [2.45, 2.75) is 12.0 Å². The monoisotopic (exact) mass is 565 g/mol. The van der Waals surface area contributed by atoms with E-state index < -0.39 is 0 Å². The Bertz CT molecular complexity index is 2180. The fraction of sp³-hybridized carbons (Fsp3) is 0.0513. The zero-order chi connectivity index (χ0) is 29.0. The van der Waals surface area contributed by atoms with Crippen molar-refractivity contribution in [2.75, 3.05) is 4.90 Å². The number of hydrogen-bond acceptors (Lipinski definition) is 4. The average Bonchev–Trinajstić information content (AvgIpc) is 3.62. The molecule has 44 heavy (non-hydrogen) atoms. The second-order valence-corrected chi connectivity index (χ2v) is 11.3. The number of nitrogens with zero attached hydrogens (tertiary/aromatic N) is 5. The number of anilines is 2. The largest absolute Gasteiger partial charge is 0.309 e. The van der Waals surface area contributed by atoms with E-state index in [0.29, 0.717) is 17.6 Å². The molecule has 1 aliphatic carbocycles. The smallest absolute Gasteiger partial charge is 0.234 e. The van der Waals surface area contributed by atoms with Gasteiger partial charge < -0.3 is 9.47 Å². The SMILES string of the molecule is C1=CC2c3ccc4c(c3N(c3nc(-c5ccccc5)nc(-c5ccccc5)n3)C2C=C1)c1ccccc1n4-c1ccccc1. The van der Waals surface area contributed by atoms with Gasteiger partial charge in [-0.25, -0.2) is 4.98 Å². The molecule has 7 aromatic rings. The van der Waals surface area contributed by atoms with Crippen LogP contribution in [0.4, 0.5) is 11.6 Å². The van der Waals surface area contributed by atoms with Crippen LogP contribution < -0.4 is 4.90 Å². The fourth-order valence-corrected chi connectivity index (χ4v) is 6.86. The standard InChI is InChI=1S/C39H27N5/c1-4-14-26(15-5-1)37-40-38(27-16-6-2-7-17-27)42-39(41-37)44-32-22-12-10-20-29(32)30-24-25-34-35(36(30)44)31-21-11-13-23-33(31)43(34)28-18-8-3-9-19-28/h1-25,29,32H. The quantitative estimate of drug-likeness (QED) is 0.214. The summed E-state index contributed by atoms with van der Waals surface area (Å²) in [5.41, 5.74) is 7.83. The minimum absolute atomic E-state index is 0.0362. The van der Waals surface area contributed by atoms with E-state index in [1.54, 1.807) is 0 Å². The van der Waals surface area contributed by atoms with E-state index in [1.165, 1.54) is 21.9 Å². The maximum Gasteiger partial charge on any atom is 0.234 e. The number of aromatic nitrogens is 4. The van der Waals surface area contributed by atoms with Gasteiger partial charge in [-0.05, 0) is 29.8 Å². The molecule has 0 spiro atoms. The molecule has 2 atom stereocenters. The maximum absolute atomic E-state index is 5.19. The highest BCUT2D eigenvalue weighted by Crippen LogP contribution is 2.52. The first-order valence-electron chi connectivity index (χ1n) is 15.0. The molecule has 3 heterocycles. The Labute approximate surface area is 255 Å². The van der Waals surface area contributed by atoms with E-state index in [4.69, 9.17) is 15.0 Å². The zero-order valence-electron chi connectivity index (χ0n) is 23.8. The van der Waals surface area contributed by atoms with Crippen LogP contribution in [0.15, 0.2) is 152 Å². The third kappa shape index (κ3) is 3.76. The third-order valence-corrected chi connectivity index (χ3v) is 8.76. The van der Waals surface area contributed by atoms with Crippen LogP contribution in [0.5, 0.6) is 0 Å². The molecule has 9 rings (SSSR count). The van der Waals surface area contributed by atoms with E-state index in [1.807, 2.05) is 36.4 Å². The molecule has 0 saturated carbocycles. The van der Waals surface area contributed by atoms with Crippen LogP contribution in [0, 0.1) is 0 Å². The van der Waals surface area contributed by atoms with Gasteiger partial charge in [0.1, 0.15) is 0 Å². The number of fused-ring (bicyclic) bond motifs is 7. The molecule has 5 aromatic carbocycles. The molecule has 1 aliphatic heterocycles. The molecule has 0 amide bonds. The maximum atomic E-state index is 5.19. The van der Waals surface area contributed by atoms with E-state index in [0.717, 1.165) is 28.0 Å². The molecular formula is C39H27N5. The molecule has 0 bridgehead atoms. The topological polar surface area (TPSA) is 46.8 Å². The lowest BCUT2D eigenvalue weighted by Gasteiger charge is -2.27. The summed E-state index contributed by atoms with van der Waals surface area (Å²) < 4.78 is 2.37. The Morgan fingerprint density at radius 3 is 1.84 bits per heavy atom. The van der Waals surface area contributed by atoms with Crippen molar-refractivity contribution in [2.24, 2.45) is 0 Å². The van der Waals surface area contributed by atoms with E-state index in [2.05, 4.69) is 125 Å². The second-order valence-electron chi connectivity index (χ2n) is 11.3. The fourth-order valence-electron chi connectivity index (χ4n) is 6.86. The molecule has 5 heteroatoms. The summed E-state index contributed by atoms with van der Waals surface area (Å²) in [4.78, 5) is 17.7. The lowest BCUT2D eigenvalue weighted by Crippen LogP contribution is -2.30. The molecule has 0 saturated heterocycles. The van der Waals surface area contributed by atoms with E-state index >= 15 is 0 Å². The Kier molecular flexibility index (Phi) is 5.56. The first kappa shape index (κ1) is 24.8. The summed E-state index contributed by atoms with van der Waals surface area (Å²) in [6, 6.07) is 44.3. The van der Waals surface area contributed by atoms with Crippen molar-refractivity contribution in [1.82, 2.24) is 19.5 Å². The number of hydrogen-bond donors (Lipinski definition) is 0. The normalized spacial score (nSPS) is 16.9. The van der Waals surface area contributed by atoms with Gasteiger partial charge in [-0.15, -0.1) is 0 Å². The van der Waals surface area contributed by atoms with E-state index in [-0.39, 0.29) is 12.0 Å². The number of benzene rings is 5. The van der Waals surface area contributed by atoms with Crippen molar-refractivity contribution in [3.05, 3.63) is 157 Å². The first-order chi connectivity index (χ1) is 21.8. The summed E-state index contributed by atoms with van der Waals surface area (Å²) in [5.74, 6) is 2.15. The summed E-state index contributed by atoms with van der Waals surface area (Å²) in [7, 11) is 0. The molecule has 208 valence electrons. The van der Waals surface area contributed by atoms with Gasteiger partial charge in [-0.1, -0.05) is 127 Å². The van der Waals surface area contributed by atoms with Gasteiger partial charge in [-0.2, -0.15) is 9.97 Å². The van der Waals surface area contributed by atoms with Crippen LogP contribution in [0.25, 0.3) is 50.3 Å². The highest BCUT2D eigenvalue weighted by Gasteiger charge is 2.41. The number of allylic oxidation sites excluding steroid dienone is 2. The lowest BCUT2D eigenvalue weighted by atomic mass is 9.91. The Morgan fingerprint density at radius 2 is 1.14 bits per heavy atom. The van der Waals surface area contributed by atoms with Crippen molar-refractivity contribution < 1.29 is 0 Å². The van der Waals surface area contributed by atoms with Crippen LogP contribution >= 0.6 is 0 Å². The zero-order valence-corrected chi connectivity index (χ0v) is 23.8. The van der Waals surface area contributed by atoms with Crippen LogP contribution in [0.3, 0.4) is 0 Å². The molecule has 5 nitrogen and oxygen atoms in total. The van der Waals surface area contributed by atoms with Crippen LogP contribution in [0.2, 0.25) is 0 Å². The van der Waals surface area contributed by atoms with E-state index in [9.17, 15) is 0 Å². The summed E-state index contributed by atoms with van der Waals surface area (Å²) in [5, 5.41) is 2.42. The number of rotatable bonds is 4. The molecule has 2 aliphatic rings. The molecule has 0 fully saturated rings. The predicted octanol–water partition coefficient (Wildman–Crippen LogP) is 9.03. The van der Waals surface area contributed by atoms with Crippen LogP contribution in [-0.4, -0.2) is 25.6 Å². The molecule has 0 N–H and O–H groups in total. The minimum atomic E-state index is 0.0362. The van der Waals surface area contributed by atoms with Gasteiger partial charge >= 0.3 is 0 Å². The first-order valence-corrected chi connectivity index (χ1v) is 15.0. The highest BCUT2D eigenvalue weighted by molar-refractivity contribution is 6.17. The molecule has 2 unspecified atom stereocenters. The second kappa shape index (κ2) is 9.89. The highest BCUT2D eigenvalue weighted by atomic mass is 15.3.